The fraction of sp³-hybridized carbons (Fsp3) is 0.556. The molecule has 1 heterocycles. The third-order valence-corrected chi connectivity index (χ3v) is 1.94. The Kier molecular flexibility index (Phi) is 3.79. The van der Waals surface area contributed by atoms with Gasteiger partial charge in [-0.05, 0) is 14.1 Å². The lowest BCUT2D eigenvalue weighted by Crippen LogP contribution is -2.23. The van der Waals surface area contributed by atoms with Crippen molar-refractivity contribution in [2.45, 2.75) is 13.1 Å². The summed E-state index contributed by atoms with van der Waals surface area (Å²) in [5, 5.41) is 0. The second-order valence-corrected chi connectivity index (χ2v) is 3.45. The summed E-state index contributed by atoms with van der Waals surface area (Å²) in [6.45, 7) is 1.97. The fourth-order valence-electron chi connectivity index (χ4n) is 1.08. The normalized spacial score (nSPS) is 10.9. The van der Waals surface area contributed by atoms with E-state index >= 15 is 0 Å². The van der Waals surface area contributed by atoms with Crippen LogP contribution in [0, 0.1) is 0 Å². The molecule has 5 nitrogen and oxygen atoms in total. The highest BCUT2D eigenvalue weighted by Crippen LogP contribution is 1.90. The average Bonchev–Trinajstić information content (AvgIpc) is 2.16. The summed E-state index contributed by atoms with van der Waals surface area (Å²) in [5.74, 6) is 0. The maximum atomic E-state index is 11.1. The number of hydrogen-bond acceptors (Lipinski definition) is 4. The molecule has 0 aromatic carbocycles. The van der Waals surface area contributed by atoms with Crippen LogP contribution in [-0.4, -0.2) is 35.1 Å². The predicted octanol–water partition coefficient (Wildman–Crippen LogP) is -0.736. The molecule has 0 unspecified atom stereocenters. The quantitative estimate of drug-likeness (QED) is 0.689. The molecule has 5 heteroatoms. The van der Waals surface area contributed by atoms with Crippen LogP contribution in [0.2, 0.25) is 0 Å². The monoisotopic (exact) mass is 196 g/mol. The Balaban J connectivity index is 2.74. The van der Waals surface area contributed by atoms with E-state index in [0.717, 1.165) is 13.1 Å². The third kappa shape index (κ3) is 2.93. The van der Waals surface area contributed by atoms with Crippen molar-refractivity contribution in [3.05, 3.63) is 28.4 Å². The van der Waals surface area contributed by atoms with Crippen LogP contribution in [0.5, 0.6) is 0 Å². The fourth-order valence-corrected chi connectivity index (χ4v) is 1.08. The summed E-state index contributed by atoms with van der Waals surface area (Å²) >= 11 is 0. The zero-order chi connectivity index (χ0) is 10.6. The van der Waals surface area contributed by atoms with Gasteiger partial charge in [0.2, 0.25) is 0 Å². The van der Waals surface area contributed by atoms with Gasteiger partial charge in [-0.1, -0.05) is 0 Å². The number of aromatic nitrogens is 2. The Hall–Kier alpha value is -1.20. The van der Waals surface area contributed by atoms with Crippen LogP contribution in [0.1, 0.15) is 5.56 Å². The van der Waals surface area contributed by atoms with Crippen LogP contribution in [0.25, 0.3) is 0 Å². The van der Waals surface area contributed by atoms with Crippen molar-refractivity contribution in [3.8, 4) is 0 Å². The van der Waals surface area contributed by atoms with E-state index < -0.39 is 0 Å². The molecular formula is C9H16N4O. The molecule has 0 spiro atoms. The zero-order valence-corrected chi connectivity index (χ0v) is 8.60. The molecule has 0 radical (unpaired) electrons. The van der Waals surface area contributed by atoms with E-state index in [4.69, 9.17) is 5.73 Å². The van der Waals surface area contributed by atoms with Gasteiger partial charge >= 0.3 is 0 Å². The van der Waals surface area contributed by atoms with Crippen LogP contribution >= 0.6 is 0 Å². The number of hydrogen-bond donors (Lipinski definition) is 1. The molecule has 0 atom stereocenters. The number of rotatable bonds is 4. The summed E-state index contributed by atoms with van der Waals surface area (Å²) in [7, 11) is 4.00. The molecular weight excluding hydrogens is 180 g/mol. The molecule has 0 amide bonds. The smallest absolute Gasteiger partial charge is 0.277 e. The number of nitrogens with zero attached hydrogens (tertiary/aromatic N) is 3. The minimum absolute atomic E-state index is 0.228. The Morgan fingerprint density at radius 2 is 2.29 bits per heavy atom. The molecule has 78 valence electrons. The molecule has 0 saturated carbocycles. The first kappa shape index (κ1) is 10.9. The summed E-state index contributed by atoms with van der Waals surface area (Å²) in [4.78, 5) is 16.9. The van der Waals surface area contributed by atoms with E-state index in [-0.39, 0.29) is 12.1 Å². The minimum atomic E-state index is -0.228. The molecule has 0 bridgehead atoms. The molecule has 1 rings (SSSR count). The van der Waals surface area contributed by atoms with Crippen molar-refractivity contribution >= 4 is 0 Å². The van der Waals surface area contributed by atoms with Crippen molar-refractivity contribution < 1.29 is 0 Å². The SMILES string of the molecule is CN(C)CCn1cnc(=O)c(CN)c1. The summed E-state index contributed by atoms with van der Waals surface area (Å²) in [6, 6.07) is 0. The van der Waals surface area contributed by atoms with Crippen LogP contribution in [-0.2, 0) is 13.1 Å². The van der Waals surface area contributed by atoms with E-state index in [0.29, 0.717) is 5.56 Å². The number of nitrogens with two attached hydrogens (primary N) is 1. The van der Waals surface area contributed by atoms with E-state index in [2.05, 4.69) is 9.88 Å². The summed E-state index contributed by atoms with van der Waals surface area (Å²) < 4.78 is 1.88. The largest absolute Gasteiger partial charge is 0.337 e. The molecule has 0 saturated heterocycles. The maximum absolute atomic E-state index is 11.1. The van der Waals surface area contributed by atoms with E-state index in [1.165, 1.54) is 0 Å². The molecule has 0 aliphatic heterocycles. The molecule has 1 aromatic rings. The molecule has 0 fully saturated rings. The predicted molar refractivity (Wildman–Crippen MR) is 54.9 cm³/mol. The lowest BCUT2D eigenvalue weighted by Gasteiger charge is -2.11. The van der Waals surface area contributed by atoms with E-state index in [1.54, 1.807) is 12.5 Å². The van der Waals surface area contributed by atoms with Gasteiger partial charge in [0.05, 0.1) is 6.33 Å². The van der Waals surface area contributed by atoms with Crippen molar-refractivity contribution in [2.24, 2.45) is 5.73 Å². The summed E-state index contributed by atoms with van der Waals surface area (Å²) in [6.07, 6.45) is 3.31. The highest BCUT2D eigenvalue weighted by atomic mass is 16.1. The van der Waals surface area contributed by atoms with Crippen LogP contribution < -0.4 is 11.3 Å². The van der Waals surface area contributed by atoms with Crippen molar-refractivity contribution in [1.29, 1.82) is 0 Å². The molecule has 0 aliphatic carbocycles. The first-order valence-electron chi connectivity index (χ1n) is 4.53. The Morgan fingerprint density at radius 3 is 2.86 bits per heavy atom. The zero-order valence-electron chi connectivity index (χ0n) is 8.60. The lowest BCUT2D eigenvalue weighted by atomic mass is 10.3. The van der Waals surface area contributed by atoms with Gasteiger partial charge in [-0.15, -0.1) is 0 Å². The molecule has 0 aliphatic rings. The Labute approximate surface area is 83.2 Å². The van der Waals surface area contributed by atoms with E-state index in [1.807, 2.05) is 18.7 Å². The Morgan fingerprint density at radius 1 is 1.57 bits per heavy atom. The maximum Gasteiger partial charge on any atom is 0.277 e. The second kappa shape index (κ2) is 4.88. The van der Waals surface area contributed by atoms with Crippen LogP contribution in [0.4, 0.5) is 0 Å². The lowest BCUT2D eigenvalue weighted by molar-refractivity contribution is 0.381. The topological polar surface area (TPSA) is 64.2 Å². The van der Waals surface area contributed by atoms with Crippen molar-refractivity contribution in [2.75, 3.05) is 20.6 Å². The van der Waals surface area contributed by atoms with Gasteiger partial charge in [-0.3, -0.25) is 4.79 Å². The first-order valence-corrected chi connectivity index (χ1v) is 4.53. The highest BCUT2D eigenvalue weighted by Gasteiger charge is 1.99. The van der Waals surface area contributed by atoms with Crippen LogP contribution in [0.15, 0.2) is 17.3 Å². The van der Waals surface area contributed by atoms with Gasteiger partial charge in [0.25, 0.3) is 5.56 Å². The third-order valence-electron chi connectivity index (χ3n) is 1.94. The highest BCUT2D eigenvalue weighted by molar-refractivity contribution is 5.03. The van der Waals surface area contributed by atoms with Gasteiger partial charge in [0.1, 0.15) is 0 Å². The number of likely N-dealkylation sites (N-methyl/N-ethyl adjacent to an activating group) is 1. The first-order chi connectivity index (χ1) is 6.63. The summed E-state index contributed by atoms with van der Waals surface area (Å²) in [5.41, 5.74) is 5.74. The van der Waals surface area contributed by atoms with Gasteiger partial charge in [0, 0.05) is 31.4 Å². The average molecular weight is 196 g/mol. The van der Waals surface area contributed by atoms with Crippen LogP contribution in [0.3, 0.4) is 0 Å². The van der Waals surface area contributed by atoms with Gasteiger partial charge in [0.15, 0.2) is 0 Å². The minimum Gasteiger partial charge on any atom is -0.337 e. The molecule has 14 heavy (non-hydrogen) atoms. The molecule has 1 aromatic heterocycles. The Bertz CT molecular complexity index is 345. The second-order valence-electron chi connectivity index (χ2n) is 3.45. The van der Waals surface area contributed by atoms with Gasteiger partial charge in [-0.25, -0.2) is 0 Å². The molecule has 2 N–H and O–H groups in total. The standard InChI is InChI=1S/C9H16N4O/c1-12(2)3-4-13-6-8(5-10)9(14)11-7-13/h6-7H,3-5,10H2,1-2H3. The van der Waals surface area contributed by atoms with Crippen molar-refractivity contribution in [3.63, 3.8) is 0 Å². The van der Waals surface area contributed by atoms with Crippen molar-refractivity contribution in [1.82, 2.24) is 14.5 Å². The van der Waals surface area contributed by atoms with Gasteiger partial charge in [-0.2, -0.15) is 4.98 Å². The van der Waals surface area contributed by atoms with Gasteiger partial charge < -0.3 is 15.2 Å². The van der Waals surface area contributed by atoms with E-state index in [9.17, 15) is 4.79 Å².